The minimum absolute atomic E-state index is 0.170. The van der Waals surface area contributed by atoms with E-state index in [4.69, 9.17) is 21.4 Å². The molecule has 2 aromatic heterocycles. The third-order valence-electron chi connectivity index (χ3n) is 4.32. The van der Waals surface area contributed by atoms with E-state index >= 15 is 0 Å². The van der Waals surface area contributed by atoms with Crippen LogP contribution < -0.4 is 10.2 Å². The van der Waals surface area contributed by atoms with E-state index < -0.39 is 16.7 Å². The van der Waals surface area contributed by atoms with Crippen molar-refractivity contribution in [3.8, 4) is 17.1 Å². The second-order valence-electron chi connectivity index (χ2n) is 6.28. The van der Waals surface area contributed by atoms with Gasteiger partial charge in [-0.25, -0.2) is 0 Å². The molecular formula is C20H13N3O6S3. The number of carbonyl (C=O) groups excluding carboxylic acids is 2. The summed E-state index contributed by atoms with van der Waals surface area (Å²) in [5, 5.41) is 14.2. The molecule has 162 valence electrons. The molecule has 0 saturated carbocycles. The van der Waals surface area contributed by atoms with Crippen LogP contribution >= 0.6 is 35.3 Å². The van der Waals surface area contributed by atoms with Crippen LogP contribution in [0.5, 0.6) is 5.75 Å². The Morgan fingerprint density at radius 3 is 2.81 bits per heavy atom. The van der Waals surface area contributed by atoms with Crippen LogP contribution in [0, 0.1) is 10.1 Å². The summed E-state index contributed by atoms with van der Waals surface area (Å²) in [6.07, 6.45) is 1.47. The number of ether oxygens (including phenoxy) is 1. The molecule has 1 aromatic carbocycles. The predicted molar refractivity (Wildman–Crippen MR) is 124 cm³/mol. The van der Waals surface area contributed by atoms with Gasteiger partial charge in [0, 0.05) is 6.08 Å². The molecule has 9 nitrogen and oxygen atoms in total. The monoisotopic (exact) mass is 487 g/mol. The van der Waals surface area contributed by atoms with Gasteiger partial charge < -0.3 is 9.15 Å². The molecule has 2 amide bonds. The number of hydrazine groups is 1. The minimum atomic E-state index is -0.526. The standard InChI is InChI=1S/C20H13N3O6S3/c1-28-11-4-6-13(14(9-11)23(26)27)15-7-5-12(29-15)10-17-19(25)22(20(30)32-17)21-18(24)16-3-2-8-31-16/h2-10H,1H3,(H,21,24)/b17-10+. The highest BCUT2D eigenvalue weighted by Crippen LogP contribution is 2.36. The molecule has 0 spiro atoms. The third kappa shape index (κ3) is 4.28. The lowest BCUT2D eigenvalue weighted by Gasteiger charge is -2.14. The van der Waals surface area contributed by atoms with Crippen molar-refractivity contribution in [2.45, 2.75) is 0 Å². The van der Waals surface area contributed by atoms with E-state index in [9.17, 15) is 19.7 Å². The molecule has 1 N–H and O–H groups in total. The summed E-state index contributed by atoms with van der Waals surface area (Å²) in [4.78, 5) is 36.5. The Hall–Kier alpha value is -3.48. The second kappa shape index (κ2) is 8.94. The van der Waals surface area contributed by atoms with E-state index in [1.165, 1.54) is 36.7 Å². The molecule has 1 aliphatic heterocycles. The largest absolute Gasteiger partial charge is 0.497 e. The van der Waals surface area contributed by atoms with Gasteiger partial charge in [-0.15, -0.1) is 11.3 Å². The summed E-state index contributed by atoms with van der Waals surface area (Å²) in [7, 11) is 1.42. The van der Waals surface area contributed by atoms with Gasteiger partial charge in [-0.1, -0.05) is 17.8 Å². The molecule has 3 heterocycles. The van der Waals surface area contributed by atoms with Gasteiger partial charge in [-0.05, 0) is 47.9 Å². The number of thiocarbonyl (C=S) groups is 1. The normalized spacial score (nSPS) is 14.8. The molecule has 0 unspecified atom stereocenters. The molecule has 0 radical (unpaired) electrons. The fourth-order valence-electron chi connectivity index (χ4n) is 2.83. The van der Waals surface area contributed by atoms with Crippen LogP contribution in [0.2, 0.25) is 0 Å². The van der Waals surface area contributed by atoms with Gasteiger partial charge in [0.05, 0.1) is 33.4 Å². The van der Waals surface area contributed by atoms with Crippen molar-refractivity contribution >= 4 is 63.2 Å². The van der Waals surface area contributed by atoms with E-state index in [-0.39, 0.29) is 26.2 Å². The second-order valence-corrected chi connectivity index (χ2v) is 8.90. The number of methoxy groups -OCH3 is 1. The number of hydrogen-bond donors (Lipinski definition) is 1. The number of carbonyl (C=O) groups is 2. The van der Waals surface area contributed by atoms with E-state index in [0.717, 1.165) is 16.8 Å². The minimum Gasteiger partial charge on any atom is -0.497 e. The Bertz CT molecular complexity index is 1270. The number of thiophene rings is 1. The number of nitrogens with zero attached hydrogens (tertiary/aromatic N) is 2. The summed E-state index contributed by atoms with van der Waals surface area (Å²) in [6.45, 7) is 0. The Morgan fingerprint density at radius 2 is 2.12 bits per heavy atom. The number of amides is 2. The Labute approximate surface area is 194 Å². The number of nitro groups is 1. The van der Waals surface area contributed by atoms with E-state index in [0.29, 0.717) is 16.4 Å². The molecule has 12 heteroatoms. The third-order valence-corrected chi connectivity index (χ3v) is 6.49. The molecule has 0 atom stereocenters. The number of rotatable bonds is 6. The van der Waals surface area contributed by atoms with Crippen molar-refractivity contribution < 1.29 is 23.7 Å². The zero-order chi connectivity index (χ0) is 22.8. The lowest BCUT2D eigenvalue weighted by atomic mass is 10.1. The van der Waals surface area contributed by atoms with Crippen LogP contribution in [-0.4, -0.2) is 33.2 Å². The van der Waals surface area contributed by atoms with Gasteiger partial charge in [0.2, 0.25) is 0 Å². The molecule has 0 bridgehead atoms. The Balaban J connectivity index is 1.56. The van der Waals surface area contributed by atoms with Crippen LogP contribution in [-0.2, 0) is 4.79 Å². The summed E-state index contributed by atoms with van der Waals surface area (Å²) >= 11 is 7.46. The van der Waals surface area contributed by atoms with Gasteiger partial charge in [-0.2, -0.15) is 5.01 Å². The quantitative estimate of drug-likeness (QED) is 0.234. The molecule has 0 aliphatic carbocycles. The maximum atomic E-state index is 12.7. The number of nitrogens with one attached hydrogen (secondary N) is 1. The van der Waals surface area contributed by atoms with Crippen LogP contribution in [0.25, 0.3) is 17.4 Å². The van der Waals surface area contributed by atoms with Crippen LogP contribution in [0.3, 0.4) is 0 Å². The highest BCUT2D eigenvalue weighted by Gasteiger charge is 2.34. The number of furan rings is 1. The van der Waals surface area contributed by atoms with Crippen LogP contribution in [0.15, 0.2) is 57.2 Å². The average molecular weight is 488 g/mol. The number of hydrogen-bond acceptors (Lipinski definition) is 9. The molecule has 32 heavy (non-hydrogen) atoms. The highest BCUT2D eigenvalue weighted by atomic mass is 32.2. The van der Waals surface area contributed by atoms with Crippen LogP contribution in [0.4, 0.5) is 5.69 Å². The average Bonchev–Trinajstić information content (AvgIpc) is 3.52. The fraction of sp³-hybridized carbons (Fsp3) is 0.0500. The Kier molecular flexibility index (Phi) is 6.08. The summed E-state index contributed by atoms with van der Waals surface area (Å²) < 4.78 is 10.9. The van der Waals surface area contributed by atoms with Gasteiger partial charge in [0.15, 0.2) is 4.32 Å². The zero-order valence-electron chi connectivity index (χ0n) is 16.3. The predicted octanol–water partition coefficient (Wildman–Crippen LogP) is 4.47. The first-order valence-electron chi connectivity index (χ1n) is 8.92. The maximum absolute atomic E-state index is 12.7. The first-order chi connectivity index (χ1) is 15.4. The van der Waals surface area contributed by atoms with Crippen molar-refractivity contribution in [2.75, 3.05) is 7.11 Å². The van der Waals surface area contributed by atoms with Crippen LogP contribution in [0.1, 0.15) is 15.4 Å². The smallest absolute Gasteiger partial charge is 0.285 e. The lowest BCUT2D eigenvalue weighted by Crippen LogP contribution is -2.44. The SMILES string of the molecule is COc1ccc(-c2ccc(/C=C3/SC(=S)N(NC(=O)c4cccs4)C3=O)o2)c([N+](=O)[O-])c1. The number of nitro benzene ring substituents is 1. The summed E-state index contributed by atoms with van der Waals surface area (Å²) in [5.74, 6) is -0.0364. The van der Waals surface area contributed by atoms with Crippen molar-refractivity contribution in [2.24, 2.45) is 0 Å². The molecular weight excluding hydrogens is 474 g/mol. The van der Waals surface area contributed by atoms with Crippen molar-refractivity contribution in [3.05, 3.63) is 73.5 Å². The topological polar surface area (TPSA) is 115 Å². The maximum Gasteiger partial charge on any atom is 0.285 e. The number of benzene rings is 1. The molecule has 1 saturated heterocycles. The van der Waals surface area contributed by atoms with Crippen molar-refractivity contribution in [1.82, 2.24) is 10.4 Å². The van der Waals surface area contributed by atoms with Gasteiger partial charge in [-0.3, -0.25) is 25.1 Å². The summed E-state index contributed by atoms with van der Waals surface area (Å²) in [5.41, 5.74) is 2.59. The summed E-state index contributed by atoms with van der Waals surface area (Å²) in [6, 6.07) is 10.9. The molecule has 4 rings (SSSR count). The van der Waals surface area contributed by atoms with Gasteiger partial charge >= 0.3 is 0 Å². The molecule has 3 aromatic rings. The van der Waals surface area contributed by atoms with Crippen molar-refractivity contribution in [3.63, 3.8) is 0 Å². The van der Waals surface area contributed by atoms with Crippen molar-refractivity contribution in [1.29, 1.82) is 0 Å². The lowest BCUT2D eigenvalue weighted by molar-refractivity contribution is -0.384. The zero-order valence-corrected chi connectivity index (χ0v) is 18.7. The Morgan fingerprint density at radius 1 is 1.31 bits per heavy atom. The molecule has 1 aliphatic rings. The van der Waals surface area contributed by atoms with E-state index in [1.54, 1.807) is 35.7 Å². The number of thioether (sulfide) groups is 1. The first-order valence-corrected chi connectivity index (χ1v) is 11.0. The van der Waals surface area contributed by atoms with E-state index in [2.05, 4.69) is 5.43 Å². The van der Waals surface area contributed by atoms with Gasteiger partial charge in [0.1, 0.15) is 17.3 Å². The molecule has 1 fully saturated rings. The van der Waals surface area contributed by atoms with E-state index in [1.807, 2.05) is 0 Å². The highest BCUT2D eigenvalue weighted by molar-refractivity contribution is 8.26. The van der Waals surface area contributed by atoms with Gasteiger partial charge in [0.25, 0.3) is 17.5 Å². The first kappa shape index (κ1) is 21.7. The fourth-order valence-corrected chi connectivity index (χ4v) is 4.60.